The van der Waals surface area contributed by atoms with Gasteiger partial charge in [-0.25, -0.2) is 4.79 Å². The fraction of sp³-hybridized carbons (Fsp3) is 0.0833. The van der Waals surface area contributed by atoms with Crippen molar-refractivity contribution in [1.82, 2.24) is 0 Å². The van der Waals surface area contributed by atoms with Crippen LogP contribution in [0.3, 0.4) is 0 Å². The minimum atomic E-state index is -3.82. The first-order chi connectivity index (χ1) is 8.01. The van der Waals surface area contributed by atoms with Crippen molar-refractivity contribution in [2.24, 2.45) is 0 Å². The third kappa shape index (κ3) is 2.19. The number of rotatable bonds is 3. The number of carbonyl (C=O) groups is 1. The molecule has 0 amide bonds. The molecular formula is C12H8F2O2S. The molecule has 0 aliphatic rings. The van der Waals surface area contributed by atoms with Gasteiger partial charge in [-0.2, -0.15) is 8.78 Å². The largest absolute Gasteiger partial charge is 0.477 e. The highest BCUT2D eigenvalue weighted by molar-refractivity contribution is 7.15. The number of halogens is 2. The molecule has 0 saturated heterocycles. The van der Waals surface area contributed by atoms with Crippen LogP contribution in [0.4, 0.5) is 8.78 Å². The van der Waals surface area contributed by atoms with Crippen molar-refractivity contribution >= 4 is 17.3 Å². The zero-order valence-electron chi connectivity index (χ0n) is 8.56. The Balaban J connectivity index is 2.38. The number of aliphatic carboxylic acids is 1. The summed E-state index contributed by atoms with van der Waals surface area (Å²) in [6, 6.07) is 11.6. The first kappa shape index (κ1) is 11.7. The Hall–Kier alpha value is -1.75. The predicted molar refractivity (Wildman–Crippen MR) is 61.3 cm³/mol. The van der Waals surface area contributed by atoms with Crippen LogP contribution in [0.2, 0.25) is 0 Å². The first-order valence-electron chi connectivity index (χ1n) is 4.79. The van der Waals surface area contributed by atoms with Gasteiger partial charge in [0.1, 0.15) is 0 Å². The highest BCUT2D eigenvalue weighted by Gasteiger charge is 2.42. The fourth-order valence-corrected chi connectivity index (χ4v) is 2.35. The van der Waals surface area contributed by atoms with Crippen LogP contribution in [0.1, 0.15) is 4.88 Å². The van der Waals surface area contributed by atoms with Gasteiger partial charge in [-0.1, -0.05) is 30.3 Å². The molecule has 0 saturated carbocycles. The molecule has 2 aromatic rings. The summed E-state index contributed by atoms with van der Waals surface area (Å²) in [5.41, 5.74) is 0.796. The second-order valence-corrected chi connectivity index (χ2v) is 4.49. The van der Waals surface area contributed by atoms with Crippen LogP contribution in [0.25, 0.3) is 10.4 Å². The number of carboxylic acid groups (broad SMARTS) is 1. The molecule has 0 aliphatic heterocycles. The molecule has 0 bridgehead atoms. The topological polar surface area (TPSA) is 37.3 Å². The Morgan fingerprint density at radius 3 is 2.35 bits per heavy atom. The molecule has 0 atom stereocenters. The maximum Gasteiger partial charge on any atom is 0.380 e. The average Bonchev–Trinajstić information content (AvgIpc) is 2.80. The molecular weight excluding hydrogens is 246 g/mol. The minimum absolute atomic E-state index is 0.455. The van der Waals surface area contributed by atoms with Crippen molar-refractivity contribution in [3.8, 4) is 10.4 Å². The molecule has 1 heterocycles. The molecule has 2 rings (SSSR count). The Bertz CT molecular complexity index is 534. The average molecular weight is 254 g/mol. The van der Waals surface area contributed by atoms with E-state index >= 15 is 0 Å². The second kappa shape index (κ2) is 4.25. The molecule has 88 valence electrons. The van der Waals surface area contributed by atoms with Crippen LogP contribution in [0.5, 0.6) is 0 Å². The lowest BCUT2D eigenvalue weighted by atomic mass is 10.2. The number of hydrogen-bond donors (Lipinski definition) is 1. The predicted octanol–water partition coefficient (Wildman–Crippen LogP) is 3.59. The third-order valence-electron chi connectivity index (χ3n) is 2.24. The zero-order chi connectivity index (χ0) is 12.5. The lowest BCUT2D eigenvalue weighted by Crippen LogP contribution is -2.23. The fourth-order valence-electron chi connectivity index (χ4n) is 1.37. The summed E-state index contributed by atoms with van der Waals surface area (Å²) in [5, 5.41) is 8.43. The molecule has 1 N–H and O–H groups in total. The van der Waals surface area contributed by atoms with E-state index in [4.69, 9.17) is 5.11 Å². The van der Waals surface area contributed by atoms with E-state index in [0.717, 1.165) is 23.0 Å². The maximum absolute atomic E-state index is 13.2. The van der Waals surface area contributed by atoms with Crippen molar-refractivity contribution < 1.29 is 18.7 Å². The minimum Gasteiger partial charge on any atom is -0.477 e. The van der Waals surface area contributed by atoms with Crippen molar-refractivity contribution in [2.75, 3.05) is 0 Å². The summed E-state index contributed by atoms with van der Waals surface area (Å²) < 4.78 is 26.4. The van der Waals surface area contributed by atoms with E-state index < -0.39 is 16.8 Å². The van der Waals surface area contributed by atoms with Crippen LogP contribution in [-0.4, -0.2) is 11.1 Å². The number of carboxylic acids is 1. The van der Waals surface area contributed by atoms with E-state index in [-0.39, 0.29) is 0 Å². The van der Waals surface area contributed by atoms with E-state index in [1.165, 1.54) is 6.07 Å². The standard InChI is InChI=1S/C12H8F2O2S/c13-12(14,11(15)16)10-7-6-9(17-10)8-4-2-1-3-5-8/h1-7H,(H,15,16). The lowest BCUT2D eigenvalue weighted by molar-refractivity contribution is -0.165. The molecule has 0 spiro atoms. The Morgan fingerprint density at radius 1 is 1.12 bits per heavy atom. The lowest BCUT2D eigenvalue weighted by Gasteiger charge is -2.07. The van der Waals surface area contributed by atoms with Gasteiger partial charge >= 0.3 is 11.9 Å². The SMILES string of the molecule is O=C(O)C(F)(F)c1ccc(-c2ccccc2)s1. The molecule has 5 heteroatoms. The van der Waals surface area contributed by atoms with Crippen molar-refractivity contribution in [1.29, 1.82) is 0 Å². The first-order valence-corrected chi connectivity index (χ1v) is 5.60. The van der Waals surface area contributed by atoms with E-state index in [9.17, 15) is 13.6 Å². The number of hydrogen-bond acceptors (Lipinski definition) is 2. The van der Waals surface area contributed by atoms with Crippen LogP contribution >= 0.6 is 11.3 Å². The normalized spacial score (nSPS) is 11.4. The van der Waals surface area contributed by atoms with Crippen molar-refractivity contribution in [2.45, 2.75) is 5.92 Å². The number of benzene rings is 1. The smallest absolute Gasteiger partial charge is 0.380 e. The van der Waals surface area contributed by atoms with E-state index in [1.54, 1.807) is 24.3 Å². The van der Waals surface area contributed by atoms with E-state index in [2.05, 4.69) is 0 Å². The quantitative estimate of drug-likeness (QED) is 0.908. The maximum atomic E-state index is 13.2. The molecule has 1 aromatic heterocycles. The van der Waals surface area contributed by atoms with Gasteiger partial charge in [0.2, 0.25) is 0 Å². The van der Waals surface area contributed by atoms with Crippen LogP contribution in [0, 0.1) is 0 Å². The van der Waals surface area contributed by atoms with Gasteiger partial charge < -0.3 is 5.11 Å². The van der Waals surface area contributed by atoms with E-state index in [1.807, 2.05) is 6.07 Å². The molecule has 2 nitrogen and oxygen atoms in total. The van der Waals surface area contributed by atoms with Gasteiger partial charge in [-0.05, 0) is 17.7 Å². The summed E-state index contributed by atoms with van der Waals surface area (Å²) in [6.45, 7) is 0. The van der Waals surface area contributed by atoms with Gasteiger partial charge in [-0.15, -0.1) is 11.3 Å². The highest BCUT2D eigenvalue weighted by atomic mass is 32.1. The summed E-state index contributed by atoms with van der Waals surface area (Å²) in [7, 11) is 0. The number of alkyl halides is 2. The molecule has 0 fully saturated rings. The molecule has 0 aliphatic carbocycles. The van der Waals surface area contributed by atoms with Crippen molar-refractivity contribution in [3.63, 3.8) is 0 Å². The van der Waals surface area contributed by atoms with Crippen LogP contribution < -0.4 is 0 Å². The molecule has 17 heavy (non-hydrogen) atoms. The van der Waals surface area contributed by atoms with Crippen LogP contribution in [0.15, 0.2) is 42.5 Å². The zero-order valence-corrected chi connectivity index (χ0v) is 9.38. The molecule has 0 radical (unpaired) electrons. The molecule has 1 aromatic carbocycles. The summed E-state index contributed by atoms with van der Waals surface area (Å²) >= 11 is 0.790. The monoisotopic (exact) mass is 254 g/mol. The van der Waals surface area contributed by atoms with Gasteiger partial charge in [-0.3, -0.25) is 0 Å². The van der Waals surface area contributed by atoms with Crippen LogP contribution in [-0.2, 0) is 10.7 Å². The summed E-state index contributed by atoms with van der Waals surface area (Å²) in [4.78, 5) is 10.6. The highest BCUT2D eigenvalue weighted by Crippen LogP contribution is 2.37. The Kier molecular flexibility index (Phi) is 2.93. The molecule has 0 unspecified atom stereocenters. The summed E-state index contributed by atoms with van der Waals surface area (Å²) in [6.07, 6.45) is 0. The van der Waals surface area contributed by atoms with E-state index in [0.29, 0.717) is 4.88 Å². The Labute approximate surface area is 100 Å². The van der Waals surface area contributed by atoms with Gasteiger partial charge in [0.15, 0.2) is 0 Å². The van der Waals surface area contributed by atoms with Crippen molar-refractivity contribution in [3.05, 3.63) is 47.3 Å². The Morgan fingerprint density at radius 2 is 1.76 bits per heavy atom. The van der Waals surface area contributed by atoms with Gasteiger partial charge in [0.05, 0.1) is 4.88 Å². The summed E-state index contributed by atoms with van der Waals surface area (Å²) in [5.74, 6) is -5.95. The third-order valence-corrected chi connectivity index (χ3v) is 3.45. The van der Waals surface area contributed by atoms with Gasteiger partial charge in [0.25, 0.3) is 0 Å². The second-order valence-electron chi connectivity index (χ2n) is 3.41. The number of thiophene rings is 1. The van der Waals surface area contributed by atoms with Gasteiger partial charge in [0, 0.05) is 4.88 Å².